The van der Waals surface area contributed by atoms with Crippen molar-refractivity contribution in [2.24, 2.45) is 5.41 Å². The molecule has 0 spiro atoms. The van der Waals surface area contributed by atoms with Gasteiger partial charge in [0.1, 0.15) is 0 Å². The molecule has 0 saturated heterocycles. The molecule has 0 amide bonds. The van der Waals surface area contributed by atoms with Crippen LogP contribution < -0.4 is 5.32 Å². The van der Waals surface area contributed by atoms with Crippen molar-refractivity contribution >= 4 is 5.69 Å². The number of hydrogen-bond acceptors (Lipinski definition) is 3. The van der Waals surface area contributed by atoms with Gasteiger partial charge in [0.25, 0.3) is 0 Å². The van der Waals surface area contributed by atoms with Crippen molar-refractivity contribution in [3.05, 3.63) is 29.8 Å². The van der Waals surface area contributed by atoms with Crippen LogP contribution in [0.2, 0.25) is 0 Å². The zero-order valence-corrected chi connectivity index (χ0v) is 11.7. The first-order chi connectivity index (χ1) is 8.92. The second kappa shape index (κ2) is 5.22. The molecule has 3 heteroatoms. The summed E-state index contributed by atoms with van der Waals surface area (Å²) in [4.78, 5) is 0. The van der Waals surface area contributed by atoms with Crippen LogP contribution in [0.15, 0.2) is 24.3 Å². The van der Waals surface area contributed by atoms with Crippen LogP contribution in [0.25, 0.3) is 0 Å². The van der Waals surface area contributed by atoms with E-state index in [2.05, 4.69) is 25.2 Å². The standard InChI is InChI=1S/C16H22N2O/c1-15(2)6-8-16(19,9-7-15)12-18-14-5-3-4-13(10-14)11-17/h3-5,10,18-19H,6-9,12H2,1-2H3. The SMILES string of the molecule is CC1(C)CCC(O)(CNc2cccc(C#N)c2)CC1. The van der Waals surface area contributed by atoms with E-state index in [-0.39, 0.29) is 0 Å². The Hall–Kier alpha value is -1.53. The maximum Gasteiger partial charge on any atom is 0.0992 e. The zero-order valence-electron chi connectivity index (χ0n) is 11.7. The molecule has 1 aliphatic rings. The molecular formula is C16H22N2O. The lowest BCUT2D eigenvalue weighted by Gasteiger charge is -2.40. The van der Waals surface area contributed by atoms with Gasteiger partial charge in [-0.3, -0.25) is 0 Å². The third-order valence-corrected chi connectivity index (χ3v) is 4.15. The van der Waals surface area contributed by atoms with Crippen LogP contribution in [-0.4, -0.2) is 17.3 Å². The van der Waals surface area contributed by atoms with Gasteiger partial charge in [-0.05, 0) is 49.3 Å². The van der Waals surface area contributed by atoms with Crippen LogP contribution in [0.4, 0.5) is 5.69 Å². The van der Waals surface area contributed by atoms with Gasteiger partial charge in [0.15, 0.2) is 0 Å². The lowest BCUT2D eigenvalue weighted by Crippen LogP contribution is -2.42. The Morgan fingerprint density at radius 2 is 1.95 bits per heavy atom. The average Bonchev–Trinajstić information content (AvgIpc) is 2.41. The number of nitrogens with zero attached hydrogens (tertiary/aromatic N) is 1. The number of hydrogen-bond donors (Lipinski definition) is 2. The molecule has 1 fully saturated rings. The predicted octanol–water partition coefficient (Wildman–Crippen LogP) is 3.30. The van der Waals surface area contributed by atoms with E-state index in [9.17, 15) is 5.11 Å². The minimum absolute atomic E-state index is 0.354. The number of aliphatic hydroxyl groups is 1. The van der Waals surface area contributed by atoms with Gasteiger partial charge in [0, 0.05) is 12.2 Å². The Balaban J connectivity index is 1.93. The molecule has 0 unspecified atom stereocenters. The van der Waals surface area contributed by atoms with E-state index in [4.69, 9.17) is 5.26 Å². The van der Waals surface area contributed by atoms with Crippen molar-refractivity contribution in [2.75, 3.05) is 11.9 Å². The maximum atomic E-state index is 10.6. The summed E-state index contributed by atoms with van der Waals surface area (Å²) in [5, 5.41) is 22.7. The summed E-state index contributed by atoms with van der Waals surface area (Å²) in [5.74, 6) is 0. The molecule has 0 bridgehead atoms. The van der Waals surface area contributed by atoms with Gasteiger partial charge in [-0.1, -0.05) is 19.9 Å². The summed E-state index contributed by atoms with van der Waals surface area (Å²) in [6, 6.07) is 9.50. The molecule has 102 valence electrons. The lowest BCUT2D eigenvalue weighted by atomic mass is 9.71. The maximum absolute atomic E-state index is 10.6. The molecule has 1 saturated carbocycles. The van der Waals surface area contributed by atoms with Crippen LogP contribution in [-0.2, 0) is 0 Å². The summed E-state index contributed by atoms with van der Waals surface area (Å²) < 4.78 is 0. The smallest absolute Gasteiger partial charge is 0.0992 e. The van der Waals surface area contributed by atoms with Crippen molar-refractivity contribution in [3.63, 3.8) is 0 Å². The van der Waals surface area contributed by atoms with Crippen molar-refractivity contribution in [1.29, 1.82) is 5.26 Å². The first-order valence-corrected chi connectivity index (χ1v) is 6.89. The summed E-state index contributed by atoms with van der Waals surface area (Å²) in [6.07, 6.45) is 3.79. The number of anilines is 1. The highest BCUT2D eigenvalue weighted by molar-refractivity contribution is 5.49. The van der Waals surface area contributed by atoms with E-state index < -0.39 is 5.60 Å². The zero-order chi connectivity index (χ0) is 13.9. The van der Waals surface area contributed by atoms with Crippen LogP contribution in [0.5, 0.6) is 0 Å². The van der Waals surface area contributed by atoms with Gasteiger partial charge < -0.3 is 10.4 Å². The van der Waals surface area contributed by atoms with E-state index in [1.807, 2.05) is 18.2 Å². The number of benzene rings is 1. The summed E-state index contributed by atoms with van der Waals surface area (Å²) in [6.45, 7) is 5.07. The van der Waals surface area contributed by atoms with Crippen molar-refractivity contribution in [1.82, 2.24) is 0 Å². The molecule has 3 nitrogen and oxygen atoms in total. The lowest BCUT2D eigenvalue weighted by molar-refractivity contribution is -0.0145. The molecule has 1 aliphatic carbocycles. The molecule has 2 rings (SSSR count). The number of nitriles is 1. The highest BCUT2D eigenvalue weighted by atomic mass is 16.3. The Bertz CT molecular complexity index is 478. The highest BCUT2D eigenvalue weighted by Crippen LogP contribution is 2.40. The molecule has 1 aromatic rings. The van der Waals surface area contributed by atoms with Gasteiger partial charge in [-0.25, -0.2) is 0 Å². The number of rotatable bonds is 3. The molecule has 19 heavy (non-hydrogen) atoms. The van der Waals surface area contributed by atoms with Crippen molar-refractivity contribution in [2.45, 2.75) is 45.1 Å². The van der Waals surface area contributed by atoms with Crippen LogP contribution in [0, 0.1) is 16.7 Å². The highest BCUT2D eigenvalue weighted by Gasteiger charge is 2.36. The molecule has 0 aromatic heterocycles. The van der Waals surface area contributed by atoms with E-state index in [1.54, 1.807) is 6.07 Å². The van der Waals surface area contributed by atoms with Crippen molar-refractivity contribution in [3.8, 4) is 6.07 Å². The molecule has 0 radical (unpaired) electrons. The Kier molecular flexibility index (Phi) is 3.82. The second-order valence-corrected chi connectivity index (χ2v) is 6.43. The third kappa shape index (κ3) is 3.71. The first-order valence-electron chi connectivity index (χ1n) is 6.89. The number of nitrogens with one attached hydrogen (secondary N) is 1. The molecule has 0 atom stereocenters. The van der Waals surface area contributed by atoms with E-state index in [1.165, 1.54) is 0 Å². The van der Waals surface area contributed by atoms with Gasteiger partial charge in [0.05, 0.1) is 17.2 Å². The first kappa shape index (κ1) is 13.9. The summed E-state index contributed by atoms with van der Waals surface area (Å²) in [7, 11) is 0. The van der Waals surface area contributed by atoms with Crippen LogP contribution in [0.1, 0.15) is 45.1 Å². The molecule has 2 N–H and O–H groups in total. The fourth-order valence-electron chi connectivity index (χ4n) is 2.53. The van der Waals surface area contributed by atoms with E-state index in [0.29, 0.717) is 17.5 Å². The quantitative estimate of drug-likeness (QED) is 0.874. The summed E-state index contributed by atoms with van der Waals surface area (Å²) >= 11 is 0. The molecule has 0 heterocycles. The van der Waals surface area contributed by atoms with Crippen LogP contribution in [0.3, 0.4) is 0 Å². The van der Waals surface area contributed by atoms with Gasteiger partial charge >= 0.3 is 0 Å². The topological polar surface area (TPSA) is 56.0 Å². The minimum Gasteiger partial charge on any atom is -0.388 e. The fraction of sp³-hybridized carbons (Fsp3) is 0.562. The van der Waals surface area contributed by atoms with Gasteiger partial charge in [-0.15, -0.1) is 0 Å². The van der Waals surface area contributed by atoms with Crippen LogP contribution >= 0.6 is 0 Å². The van der Waals surface area contributed by atoms with E-state index >= 15 is 0 Å². The van der Waals surface area contributed by atoms with E-state index in [0.717, 1.165) is 31.4 Å². The van der Waals surface area contributed by atoms with Gasteiger partial charge in [-0.2, -0.15) is 5.26 Å². The molecule has 0 aliphatic heterocycles. The monoisotopic (exact) mass is 258 g/mol. The largest absolute Gasteiger partial charge is 0.388 e. The Labute approximate surface area is 115 Å². The predicted molar refractivity (Wildman–Crippen MR) is 76.8 cm³/mol. The van der Waals surface area contributed by atoms with Crippen molar-refractivity contribution < 1.29 is 5.11 Å². The summed E-state index contributed by atoms with van der Waals surface area (Å²) in [5.41, 5.74) is 1.28. The Morgan fingerprint density at radius 1 is 1.26 bits per heavy atom. The molecule has 1 aromatic carbocycles. The Morgan fingerprint density at radius 3 is 2.58 bits per heavy atom. The third-order valence-electron chi connectivity index (χ3n) is 4.15. The van der Waals surface area contributed by atoms with Gasteiger partial charge in [0.2, 0.25) is 0 Å². The fourth-order valence-corrected chi connectivity index (χ4v) is 2.53. The minimum atomic E-state index is -0.613. The molecular weight excluding hydrogens is 236 g/mol. The normalized spacial score (nSPS) is 20.5. The average molecular weight is 258 g/mol. The second-order valence-electron chi connectivity index (χ2n) is 6.43.